The number of carboxylic acid groups (broad SMARTS) is 1. The fourth-order valence-corrected chi connectivity index (χ4v) is 1.28. The molecule has 0 bridgehead atoms. The van der Waals surface area contributed by atoms with Gasteiger partial charge in [-0.1, -0.05) is 0 Å². The first kappa shape index (κ1) is 11.5. The molecule has 0 aliphatic heterocycles. The predicted octanol–water partition coefficient (Wildman–Crippen LogP) is 1.90. The highest BCUT2D eigenvalue weighted by Gasteiger charge is 2.08. The van der Waals surface area contributed by atoms with Gasteiger partial charge in [-0.2, -0.15) is 0 Å². The first-order valence-electron chi connectivity index (χ1n) is 4.06. The molecule has 0 aromatic heterocycles. The highest BCUT2D eigenvalue weighted by molar-refractivity contribution is 9.10. The maximum absolute atomic E-state index is 11.0. The average molecular weight is 273 g/mol. The van der Waals surface area contributed by atoms with Crippen molar-refractivity contribution < 1.29 is 14.7 Å². The second-order valence-electron chi connectivity index (χ2n) is 2.70. The third-order valence-electron chi connectivity index (χ3n) is 1.69. The van der Waals surface area contributed by atoms with Crippen LogP contribution in [0.15, 0.2) is 22.7 Å². The number of amides is 2. The number of carboxylic acids is 1. The lowest BCUT2D eigenvalue weighted by molar-refractivity contribution is 0.0697. The summed E-state index contributed by atoms with van der Waals surface area (Å²) < 4.78 is 0.621. The number of carbonyl (C=O) groups is 2. The minimum Gasteiger partial charge on any atom is -0.478 e. The van der Waals surface area contributed by atoms with Crippen LogP contribution in [0.5, 0.6) is 0 Å². The van der Waals surface area contributed by atoms with E-state index in [-0.39, 0.29) is 5.56 Å². The Balaban J connectivity index is 3.00. The maximum Gasteiger partial charge on any atom is 0.335 e. The van der Waals surface area contributed by atoms with E-state index >= 15 is 0 Å². The van der Waals surface area contributed by atoms with Gasteiger partial charge in [0.05, 0.1) is 11.3 Å². The molecule has 0 saturated heterocycles. The van der Waals surface area contributed by atoms with Gasteiger partial charge in [-0.05, 0) is 34.1 Å². The zero-order valence-corrected chi connectivity index (χ0v) is 9.46. The monoisotopic (exact) mass is 272 g/mol. The molecule has 6 heteroatoms. The van der Waals surface area contributed by atoms with Crippen LogP contribution in [0, 0.1) is 0 Å². The van der Waals surface area contributed by atoms with Crippen LogP contribution < -0.4 is 10.6 Å². The van der Waals surface area contributed by atoms with Gasteiger partial charge >= 0.3 is 12.0 Å². The Hall–Kier alpha value is -1.56. The van der Waals surface area contributed by atoms with E-state index in [9.17, 15) is 9.59 Å². The van der Waals surface area contributed by atoms with E-state index in [2.05, 4.69) is 26.6 Å². The van der Waals surface area contributed by atoms with Crippen molar-refractivity contribution in [3.8, 4) is 0 Å². The lowest BCUT2D eigenvalue weighted by atomic mass is 10.2. The molecule has 0 radical (unpaired) electrons. The molecule has 1 rings (SSSR count). The van der Waals surface area contributed by atoms with Gasteiger partial charge in [0.15, 0.2) is 0 Å². The standard InChI is InChI=1S/C9H9BrN2O3/c1-11-9(15)12-7-4-5(8(13)14)2-3-6(7)10/h2-4H,1H3,(H,13,14)(H2,11,12,15). The zero-order chi connectivity index (χ0) is 11.4. The average Bonchev–Trinajstić information content (AvgIpc) is 2.20. The molecule has 0 heterocycles. The third-order valence-corrected chi connectivity index (χ3v) is 2.38. The number of nitrogens with one attached hydrogen (secondary N) is 2. The smallest absolute Gasteiger partial charge is 0.335 e. The van der Waals surface area contributed by atoms with E-state index in [4.69, 9.17) is 5.11 Å². The summed E-state index contributed by atoms with van der Waals surface area (Å²) in [5, 5.41) is 13.6. The van der Waals surface area contributed by atoms with Crippen LogP contribution in [0.3, 0.4) is 0 Å². The molecule has 1 aromatic rings. The van der Waals surface area contributed by atoms with Crippen LogP contribution in [0.4, 0.5) is 10.5 Å². The van der Waals surface area contributed by atoms with Crippen molar-refractivity contribution in [2.75, 3.05) is 12.4 Å². The van der Waals surface area contributed by atoms with E-state index < -0.39 is 12.0 Å². The number of urea groups is 1. The van der Waals surface area contributed by atoms with Gasteiger partial charge in [0.25, 0.3) is 0 Å². The van der Waals surface area contributed by atoms with Crippen molar-refractivity contribution in [2.45, 2.75) is 0 Å². The quantitative estimate of drug-likeness (QED) is 0.770. The summed E-state index contributed by atoms with van der Waals surface area (Å²) in [6.07, 6.45) is 0. The molecule has 0 unspecified atom stereocenters. The van der Waals surface area contributed by atoms with Crippen LogP contribution in [-0.4, -0.2) is 24.2 Å². The van der Waals surface area contributed by atoms with Crippen molar-refractivity contribution in [2.24, 2.45) is 0 Å². The Labute approximate surface area is 94.6 Å². The zero-order valence-electron chi connectivity index (χ0n) is 7.87. The molecule has 15 heavy (non-hydrogen) atoms. The summed E-state index contributed by atoms with van der Waals surface area (Å²) in [5.74, 6) is -1.04. The van der Waals surface area contributed by atoms with Crippen LogP contribution >= 0.6 is 15.9 Å². The Morgan fingerprint density at radius 2 is 2.07 bits per heavy atom. The molecule has 0 saturated carbocycles. The van der Waals surface area contributed by atoms with Crippen molar-refractivity contribution in [3.05, 3.63) is 28.2 Å². The van der Waals surface area contributed by atoms with Gasteiger partial charge in [-0.15, -0.1) is 0 Å². The highest BCUT2D eigenvalue weighted by atomic mass is 79.9. The van der Waals surface area contributed by atoms with E-state index in [1.807, 2.05) is 0 Å². The molecule has 0 aliphatic carbocycles. The second kappa shape index (κ2) is 4.79. The molecule has 0 atom stereocenters. The first-order valence-corrected chi connectivity index (χ1v) is 4.85. The Kier molecular flexibility index (Phi) is 3.68. The number of hydrogen-bond donors (Lipinski definition) is 3. The number of aromatic carboxylic acids is 1. The summed E-state index contributed by atoms with van der Waals surface area (Å²) in [7, 11) is 1.48. The molecule has 0 spiro atoms. The van der Waals surface area contributed by atoms with E-state index in [1.54, 1.807) is 6.07 Å². The maximum atomic E-state index is 11.0. The van der Waals surface area contributed by atoms with Gasteiger partial charge < -0.3 is 15.7 Å². The predicted molar refractivity (Wildman–Crippen MR) is 59.2 cm³/mol. The van der Waals surface area contributed by atoms with Crippen LogP contribution in [-0.2, 0) is 0 Å². The summed E-state index contributed by atoms with van der Waals surface area (Å²) in [6.45, 7) is 0. The molecule has 3 N–H and O–H groups in total. The fourth-order valence-electron chi connectivity index (χ4n) is 0.939. The molecule has 1 aromatic carbocycles. The molecular formula is C9H9BrN2O3. The largest absolute Gasteiger partial charge is 0.478 e. The normalized spacial score (nSPS) is 9.47. The number of halogens is 1. The summed E-state index contributed by atoms with van der Waals surface area (Å²) in [5.41, 5.74) is 0.527. The lowest BCUT2D eigenvalue weighted by Gasteiger charge is -2.07. The van der Waals surface area contributed by atoms with Crippen molar-refractivity contribution >= 4 is 33.6 Å². The molecule has 2 amide bonds. The van der Waals surface area contributed by atoms with E-state index in [0.29, 0.717) is 10.2 Å². The minimum atomic E-state index is -1.04. The highest BCUT2D eigenvalue weighted by Crippen LogP contribution is 2.23. The van der Waals surface area contributed by atoms with Crippen molar-refractivity contribution in [3.63, 3.8) is 0 Å². The van der Waals surface area contributed by atoms with Crippen molar-refractivity contribution in [1.29, 1.82) is 0 Å². The van der Waals surface area contributed by atoms with Crippen LogP contribution in [0.25, 0.3) is 0 Å². The summed E-state index contributed by atoms with van der Waals surface area (Å²) in [6, 6.07) is 3.98. The minimum absolute atomic E-state index is 0.115. The van der Waals surface area contributed by atoms with Gasteiger partial charge in [0.2, 0.25) is 0 Å². The summed E-state index contributed by atoms with van der Waals surface area (Å²) >= 11 is 3.20. The third kappa shape index (κ3) is 2.95. The second-order valence-corrected chi connectivity index (χ2v) is 3.56. The van der Waals surface area contributed by atoms with Gasteiger partial charge in [0.1, 0.15) is 0 Å². The fraction of sp³-hybridized carbons (Fsp3) is 0.111. The van der Waals surface area contributed by atoms with Gasteiger partial charge in [-0.3, -0.25) is 0 Å². The number of rotatable bonds is 2. The molecule has 0 fully saturated rings. The molecular weight excluding hydrogens is 264 g/mol. The lowest BCUT2D eigenvalue weighted by Crippen LogP contribution is -2.24. The van der Waals surface area contributed by atoms with Gasteiger partial charge in [-0.25, -0.2) is 9.59 Å². The molecule has 80 valence electrons. The molecule has 5 nitrogen and oxygen atoms in total. The Bertz CT molecular complexity index is 406. The Morgan fingerprint density at radius 1 is 1.40 bits per heavy atom. The van der Waals surface area contributed by atoms with Crippen molar-refractivity contribution in [1.82, 2.24) is 5.32 Å². The van der Waals surface area contributed by atoms with E-state index in [0.717, 1.165) is 0 Å². The number of carbonyl (C=O) groups excluding carboxylic acids is 1. The Morgan fingerprint density at radius 3 is 2.60 bits per heavy atom. The topological polar surface area (TPSA) is 78.4 Å². The van der Waals surface area contributed by atoms with Crippen LogP contribution in [0.1, 0.15) is 10.4 Å². The SMILES string of the molecule is CNC(=O)Nc1cc(C(=O)O)ccc1Br. The van der Waals surface area contributed by atoms with E-state index in [1.165, 1.54) is 19.2 Å². The summed E-state index contributed by atoms with van der Waals surface area (Å²) in [4.78, 5) is 21.7. The van der Waals surface area contributed by atoms with Crippen LogP contribution in [0.2, 0.25) is 0 Å². The van der Waals surface area contributed by atoms with Gasteiger partial charge in [0, 0.05) is 11.5 Å². The first-order chi connectivity index (χ1) is 7.04. The molecule has 0 aliphatic rings. The number of anilines is 1. The number of benzene rings is 1. The number of hydrogen-bond acceptors (Lipinski definition) is 2.